The number of esters is 1. The Morgan fingerprint density at radius 1 is 1.00 bits per heavy atom. The summed E-state index contributed by atoms with van der Waals surface area (Å²) in [6, 6.07) is 24.9. The Bertz CT molecular complexity index is 2250. The summed E-state index contributed by atoms with van der Waals surface area (Å²) >= 11 is 15.8. The molecule has 49 heavy (non-hydrogen) atoms. The number of carbonyl (C=O) groups excluding carboxylic acids is 1. The molecule has 0 saturated carbocycles. The third-order valence-corrected chi connectivity index (χ3v) is 10.1. The van der Waals surface area contributed by atoms with Crippen molar-refractivity contribution >= 4 is 74.9 Å². The minimum absolute atomic E-state index is 0.164. The van der Waals surface area contributed by atoms with E-state index in [9.17, 15) is 9.59 Å². The molecule has 0 radical (unpaired) electrons. The highest BCUT2D eigenvalue weighted by atomic mass is 127. The molecule has 1 atom stereocenters. The Morgan fingerprint density at radius 3 is 2.43 bits per heavy atom. The van der Waals surface area contributed by atoms with Crippen LogP contribution in [0, 0.1) is 3.57 Å². The summed E-state index contributed by atoms with van der Waals surface area (Å²) in [5.41, 5.74) is 3.36. The highest BCUT2D eigenvalue weighted by Gasteiger charge is 2.35. The fourth-order valence-corrected chi connectivity index (χ4v) is 7.69. The lowest BCUT2D eigenvalue weighted by Gasteiger charge is -2.26. The van der Waals surface area contributed by atoms with Gasteiger partial charge in [0.15, 0.2) is 16.3 Å². The first kappa shape index (κ1) is 34.8. The summed E-state index contributed by atoms with van der Waals surface area (Å²) < 4.78 is 25.5. The molecular formula is C37H29Cl2IN2O6S. The van der Waals surface area contributed by atoms with Gasteiger partial charge in [-0.2, -0.15) is 0 Å². The van der Waals surface area contributed by atoms with E-state index in [1.807, 2.05) is 54.6 Å². The molecule has 0 N–H and O–H groups in total. The van der Waals surface area contributed by atoms with Crippen LogP contribution in [0.5, 0.6) is 17.2 Å². The summed E-state index contributed by atoms with van der Waals surface area (Å²) in [4.78, 5) is 33.4. The minimum atomic E-state index is -0.802. The van der Waals surface area contributed by atoms with Crippen molar-refractivity contribution in [1.29, 1.82) is 0 Å². The third-order valence-electron chi connectivity index (χ3n) is 7.74. The van der Waals surface area contributed by atoms with Crippen molar-refractivity contribution in [3.05, 3.63) is 146 Å². The van der Waals surface area contributed by atoms with Crippen LogP contribution >= 0.6 is 57.1 Å². The summed E-state index contributed by atoms with van der Waals surface area (Å²) in [7, 11) is 3.14. The summed E-state index contributed by atoms with van der Waals surface area (Å²) in [6.45, 7) is 2.12. The number of nitrogens with zero attached hydrogens (tertiary/aromatic N) is 2. The van der Waals surface area contributed by atoms with Crippen LogP contribution in [0.25, 0.3) is 11.8 Å². The fraction of sp³-hybridized carbons (Fsp3) is 0.162. The van der Waals surface area contributed by atoms with Gasteiger partial charge in [0.25, 0.3) is 5.56 Å². The largest absolute Gasteiger partial charge is 0.497 e. The molecule has 0 spiro atoms. The van der Waals surface area contributed by atoms with Crippen LogP contribution in [0.1, 0.15) is 35.2 Å². The number of hydrogen-bond donors (Lipinski definition) is 0. The second-order valence-electron chi connectivity index (χ2n) is 10.8. The molecule has 1 aromatic heterocycles. The zero-order chi connectivity index (χ0) is 34.7. The standard InChI is InChI=1S/C37H29Cl2IN2O6S/c1-4-47-36(44)31-32(22-8-6-5-7-9-22)41-37-42(33(31)23-11-14-26(45-2)15-12-23)35(43)30(49-37)18-21-16-28(40)34(29(17-21)46-3)48-20-24-10-13-25(38)19-27(24)39/h5-19,33H,4,20H2,1-3H3/b30-18-/t33-/m0/s1. The number of thiazole rings is 1. The second kappa shape index (κ2) is 15.2. The predicted molar refractivity (Wildman–Crippen MR) is 201 cm³/mol. The summed E-state index contributed by atoms with van der Waals surface area (Å²) in [6.07, 6.45) is 1.79. The topological polar surface area (TPSA) is 88.4 Å². The number of benzene rings is 4. The van der Waals surface area contributed by atoms with Crippen molar-refractivity contribution in [2.75, 3.05) is 20.8 Å². The van der Waals surface area contributed by atoms with Crippen LogP contribution in [0.3, 0.4) is 0 Å². The van der Waals surface area contributed by atoms with E-state index in [0.29, 0.717) is 47.9 Å². The molecule has 0 fully saturated rings. The van der Waals surface area contributed by atoms with Crippen molar-refractivity contribution in [2.24, 2.45) is 4.99 Å². The van der Waals surface area contributed by atoms with E-state index < -0.39 is 12.0 Å². The van der Waals surface area contributed by atoms with E-state index in [2.05, 4.69) is 22.6 Å². The molecule has 6 rings (SSSR count). The Labute approximate surface area is 310 Å². The number of fused-ring (bicyclic) bond motifs is 1. The smallest absolute Gasteiger partial charge is 0.338 e. The predicted octanol–water partition coefficient (Wildman–Crippen LogP) is 7.44. The van der Waals surface area contributed by atoms with Gasteiger partial charge in [-0.3, -0.25) is 9.36 Å². The molecule has 8 nitrogen and oxygen atoms in total. The van der Waals surface area contributed by atoms with Crippen LogP contribution in [-0.2, 0) is 16.1 Å². The van der Waals surface area contributed by atoms with E-state index in [1.54, 1.807) is 62.1 Å². The average molecular weight is 828 g/mol. The number of ether oxygens (including phenoxy) is 4. The molecule has 1 aliphatic heterocycles. The van der Waals surface area contributed by atoms with E-state index in [-0.39, 0.29) is 24.3 Å². The van der Waals surface area contributed by atoms with Gasteiger partial charge in [0.2, 0.25) is 0 Å². The Morgan fingerprint density at radius 2 is 1.76 bits per heavy atom. The van der Waals surface area contributed by atoms with Gasteiger partial charge >= 0.3 is 5.97 Å². The maximum absolute atomic E-state index is 14.3. The van der Waals surface area contributed by atoms with Gasteiger partial charge < -0.3 is 18.9 Å². The molecule has 5 aromatic rings. The van der Waals surface area contributed by atoms with E-state index >= 15 is 0 Å². The highest BCUT2D eigenvalue weighted by Crippen LogP contribution is 2.37. The second-order valence-corrected chi connectivity index (χ2v) is 13.8. The van der Waals surface area contributed by atoms with E-state index in [1.165, 1.54) is 11.3 Å². The normalized spacial score (nSPS) is 14.2. The SMILES string of the molecule is CCOC(=O)C1=C(c2ccccc2)N=c2s/c(=C\c3cc(I)c(OCc4ccc(Cl)cc4Cl)c(OC)c3)c(=O)n2[C@H]1c1ccc(OC)cc1. The average Bonchev–Trinajstić information content (AvgIpc) is 3.41. The van der Waals surface area contributed by atoms with Crippen LogP contribution in [0.4, 0.5) is 0 Å². The molecule has 0 amide bonds. The fourth-order valence-electron chi connectivity index (χ4n) is 5.45. The van der Waals surface area contributed by atoms with Gasteiger partial charge in [-0.25, -0.2) is 9.79 Å². The maximum atomic E-state index is 14.3. The number of rotatable bonds is 10. The summed E-state index contributed by atoms with van der Waals surface area (Å²) in [5.74, 6) is 1.13. The molecule has 0 unspecified atom stereocenters. The molecule has 12 heteroatoms. The number of carbonyl (C=O) groups is 1. The lowest BCUT2D eigenvalue weighted by atomic mass is 9.93. The van der Waals surface area contributed by atoms with Gasteiger partial charge in [0.1, 0.15) is 12.4 Å². The Kier molecular flexibility index (Phi) is 10.8. The van der Waals surface area contributed by atoms with Crippen LogP contribution in [0.2, 0.25) is 10.0 Å². The molecule has 0 bridgehead atoms. The molecule has 0 aliphatic carbocycles. The van der Waals surface area contributed by atoms with Crippen molar-refractivity contribution in [3.8, 4) is 17.2 Å². The van der Waals surface area contributed by atoms with E-state index in [0.717, 1.165) is 20.3 Å². The number of methoxy groups -OCH3 is 2. The van der Waals surface area contributed by atoms with Crippen molar-refractivity contribution in [2.45, 2.75) is 19.6 Å². The van der Waals surface area contributed by atoms with Crippen molar-refractivity contribution in [3.63, 3.8) is 0 Å². The number of aromatic nitrogens is 1. The van der Waals surface area contributed by atoms with Crippen LogP contribution < -0.4 is 29.1 Å². The Hall–Kier alpha value is -4.10. The number of halogens is 3. The highest BCUT2D eigenvalue weighted by molar-refractivity contribution is 14.1. The van der Waals surface area contributed by atoms with Gasteiger partial charge in [-0.05, 0) is 83.1 Å². The molecule has 4 aromatic carbocycles. The summed E-state index contributed by atoms with van der Waals surface area (Å²) in [5, 5.41) is 1.04. The van der Waals surface area contributed by atoms with Crippen LogP contribution in [0.15, 0.2) is 100 Å². The van der Waals surface area contributed by atoms with Gasteiger partial charge in [0, 0.05) is 21.2 Å². The first-order valence-electron chi connectivity index (χ1n) is 15.1. The van der Waals surface area contributed by atoms with Gasteiger partial charge in [-0.1, -0.05) is 83.1 Å². The molecule has 1 aliphatic rings. The molecule has 2 heterocycles. The maximum Gasteiger partial charge on any atom is 0.338 e. The van der Waals surface area contributed by atoms with Gasteiger partial charge in [0.05, 0.1) is 46.2 Å². The number of hydrogen-bond acceptors (Lipinski definition) is 8. The van der Waals surface area contributed by atoms with Crippen molar-refractivity contribution in [1.82, 2.24) is 4.57 Å². The van der Waals surface area contributed by atoms with Gasteiger partial charge in [-0.15, -0.1) is 0 Å². The first-order chi connectivity index (χ1) is 23.7. The van der Waals surface area contributed by atoms with Crippen LogP contribution in [-0.4, -0.2) is 31.4 Å². The first-order valence-corrected chi connectivity index (χ1v) is 17.7. The van der Waals surface area contributed by atoms with E-state index in [4.69, 9.17) is 47.1 Å². The quantitative estimate of drug-likeness (QED) is 0.108. The Balaban J connectivity index is 1.48. The lowest BCUT2D eigenvalue weighted by molar-refractivity contribution is -0.138. The monoisotopic (exact) mass is 826 g/mol. The molecular weight excluding hydrogens is 798 g/mol. The van der Waals surface area contributed by atoms with Crippen molar-refractivity contribution < 1.29 is 23.7 Å². The third kappa shape index (κ3) is 7.28. The zero-order valence-corrected chi connectivity index (χ0v) is 31.0. The molecule has 0 saturated heterocycles. The lowest BCUT2D eigenvalue weighted by Crippen LogP contribution is -2.40. The minimum Gasteiger partial charge on any atom is -0.497 e. The molecule has 250 valence electrons. The zero-order valence-electron chi connectivity index (χ0n) is 26.5.